The van der Waals surface area contributed by atoms with Gasteiger partial charge in [-0.3, -0.25) is 9.69 Å². The van der Waals surface area contributed by atoms with Crippen LogP contribution in [0.1, 0.15) is 41.7 Å². The van der Waals surface area contributed by atoms with E-state index in [1.807, 2.05) is 13.1 Å². The third kappa shape index (κ3) is 5.00. The fourth-order valence-electron chi connectivity index (χ4n) is 1.60. The first-order valence-corrected chi connectivity index (χ1v) is 7.15. The van der Waals surface area contributed by atoms with Crippen molar-refractivity contribution in [3.8, 4) is 0 Å². The molecule has 0 fully saturated rings. The molecule has 1 aromatic heterocycles. The van der Waals surface area contributed by atoms with Gasteiger partial charge in [0.1, 0.15) is 0 Å². The second-order valence-electron chi connectivity index (χ2n) is 4.96. The van der Waals surface area contributed by atoms with Gasteiger partial charge in [-0.1, -0.05) is 20.8 Å². The number of nitrogens with zero attached hydrogens (tertiary/aromatic N) is 1. The average Bonchev–Trinajstić information content (AvgIpc) is 2.74. The maximum absolute atomic E-state index is 12.0. The van der Waals surface area contributed by atoms with Crippen LogP contribution in [0.4, 0.5) is 0 Å². The lowest BCUT2D eigenvalue weighted by atomic mass is 10.1. The Morgan fingerprint density at radius 3 is 2.65 bits per heavy atom. The van der Waals surface area contributed by atoms with Gasteiger partial charge in [0.15, 0.2) is 5.78 Å². The van der Waals surface area contributed by atoms with Gasteiger partial charge in [-0.2, -0.15) is 0 Å². The second-order valence-corrected chi connectivity index (χ2v) is 6.13. The van der Waals surface area contributed by atoms with Crippen LogP contribution in [0.5, 0.6) is 0 Å². The van der Waals surface area contributed by atoms with E-state index < -0.39 is 0 Å². The van der Waals surface area contributed by atoms with E-state index in [9.17, 15) is 4.79 Å². The van der Waals surface area contributed by atoms with Crippen molar-refractivity contribution < 1.29 is 4.79 Å². The smallest absolute Gasteiger partial charge is 0.186 e. The minimum Gasteiger partial charge on any atom is -0.299 e. The Balaban J connectivity index is 2.43. The number of thiophene rings is 1. The van der Waals surface area contributed by atoms with Crippen LogP contribution in [0.25, 0.3) is 0 Å². The topological polar surface area (TPSA) is 20.3 Å². The monoisotopic (exact) mass is 253 g/mol. The molecule has 0 unspecified atom stereocenters. The van der Waals surface area contributed by atoms with Crippen LogP contribution in [0.15, 0.2) is 12.1 Å². The van der Waals surface area contributed by atoms with Gasteiger partial charge in [0.25, 0.3) is 0 Å². The van der Waals surface area contributed by atoms with E-state index in [2.05, 4.69) is 31.7 Å². The quantitative estimate of drug-likeness (QED) is 0.693. The van der Waals surface area contributed by atoms with Crippen molar-refractivity contribution in [2.24, 2.45) is 5.92 Å². The highest BCUT2D eigenvalue weighted by Crippen LogP contribution is 2.17. The summed E-state index contributed by atoms with van der Waals surface area (Å²) in [5.74, 6) is 0.946. The van der Waals surface area contributed by atoms with E-state index >= 15 is 0 Å². The summed E-state index contributed by atoms with van der Waals surface area (Å²) in [6.07, 6.45) is 2.16. The first-order chi connectivity index (χ1) is 8.02. The lowest BCUT2D eigenvalue weighted by Gasteiger charge is -2.16. The Kier molecular flexibility index (Phi) is 5.86. The van der Waals surface area contributed by atoms with Crippen LogP contribution in [-0.4, -0.2) is 30.8 Å². The molecule has 1 rings (SSSR count). The number of ketones is 1. The first-order valence-electron chi connectivity index (χ1n) is 6.33. The zero-order chi connectivity index (χ0) is 12.8. The summed E-state index contributed by atoms with van der Waals surface area (Å²) in [4.78, 5) is 16.3. The van der Waals surface area contributed by atoms with Crippen LogP contribution in [0.2, 0.25) is 0 Å². The highest BCUT2D eigenvalue weighted by atomic mass is 32.1. The van der Waals surface area contributed by atoms with E-state index in [-0.39, 0.29) is 5.78 Å². The number of hydrogen-bond donors (Lipinski definition) is 0. The molecule has 17 heavy (non-hydrogen) atoms. The normalized spacial score (nSPS) is 11.4. The van der Waals surface area contributed by atoms with Gasteiger partial charge in [0, 0.05) is 4.88 Å². The fraction of sp³-hybridized carbons (Fsp3) is 0.643. The molecule has 0 aliphatic heterocycles. The number of aryl methyl sites for hydroxylation is 1. The SMILES string of the molecule is CCc1ccc(C(=O)CN(C)CCC(C)C)s1. The van der Waals surface area contributed by atoms with Gasteiger partial charge in [-0.05, 0) is 44.5 Å². The van der Waals surface area contributed by atoms with Gasteiger partial charge in [-0.25, -0.2) is 0 Å². The molecule has 0 saturated heterocycles. The van der Waals surface area contributed by atoms with Gasteiger partial charge >= 0.3 is 0 Å². The summed E-state index contributed by atoms with van der Waals surface area (Å²) in [7, 11) is 2.02. The van der Waals surface area contributed by atoms with Crippen molar-refractivity contribution in [1.29, 1.82) is 0 Å². The Morgan fingerprint density at radius 2 is 2.12 bits per heavy atom. The summed E-state index contributed by atoms with van der Waals surface area (Å²) in [6.45, 7) is 8.07. The number of likely N-dealkylation sites (N-methyl/N-ethyl adjacent to an activating group) is 1. The Labute approximate surface area is 109 Å². The number of hydrogen-bond acceptors (Lipinski definition) is 3. The van der Waals surface area contributed by atoms with E-state index in [4.69, 9.17) is 0 Å². The molecule has 0 aliphatic rings. The Morgan fingerprint density at radius 1 is 1.41 bits per heavy atom. The summed E-state index contributed by atoms with van der Waals surface area (Å²) >= 11 is 1.63. The maximum Gasteiger partial charge on any atom is 0.186 e. The van der Waals surface area contributed by atoms with E-state index in [0.717, 1.165) is 24.3 Å². The maximum atomic E-state index is 12.0. The molecule has 96 valence electrons. The van der Waals surface area contributed by atoms with Crippen LogP contribution >= 0.6 is 11.3 Å². The zero-order valence-electron chi connectivity index (χ0n) is 11.3. The molecule has 0 N–H and O–H groups in total. The lowest BCUT2D eigenvalue weighted by molar-refractivity contribution is 0.0948. The number of rotatable bonds is 7. The van der Waals surface area contributed by atoms with Crippen LogP contribution in [-0.2, 0) is 6.42 Å². The molecule has 0 aromatic carbocycles. The van der Waals surface area contributed by atoms with Crippen molar-refractivity contribution in [1.82, 2.24) is 4.90 Å². The predicted octanol–water partition coefficient (Wildman–Crippen LogP) is 3.47. The molecule has 0 atom stereocenters. The van der Waals surface area contributed by atoms with Crippen molar-refractivity contribution in [3.63, 3.8) is 0 Å². The fourth-order valence-corrected chi connectivity index (χ4v) is 2.48. The highest BCUT2D eigenvalue weighted by Gasteiger charge is 2.11. The summed E-state index contributed by atoms with van der Waals surface area (Å²) in [5, 5.41) is 0. The number of Topliss-reactive ketones (excluding diaryl/α,β-unsaturated/α-hetero) is 1. The number of carbonyl (C=O) groups excluding carboxylic acids is 1. The van der Waals surface area contributed by atoms with E-state index in [1.165, 1.54) is 4.88 Å². The van der Waals surface area contributed by atoms with Crippen LogP contribution in [0, 0.1) is 5.92 Å². The molecule has 1 aromatic rings. The first kappa shape index (κ1) is 14.4. The van der Waals surface area contributed by atoms with E-state index in [0.29, 0.717) is 12.5 Å². The molecule has 0 amide bonds. The van der Waals surface area contributed by atoms with Crippen molar-refractivity contribution in [3.05, 3.63) is 21.9 Å². The van der Waals surface area contributed by atoms with Gasteiger partial charge in [-0.15, -0.1) is 11.3 Å². The molecule has 0 aliphatic carbocycles. The molecule has 0 spiro atoms. The van der Waals surface area contributed by atoms with Crippen molar-refractivity contribution >= 4 is 17.1 Å². The van der Waals surface area contributed by atoms with E-state index in [1.54, 1.807) is 11.3 Å². The molecule has 3 heteroatoms. The predicted molar refractivity (Wildman–Crippen MR) is 75.0 cm³/mol. The Bertz CT molecular complexity index is 357. The molecular weight excluding hydrogens is 230 g/mol. The minimum absolute atomic E-state index is 0.251. The minimum atomic E-state index is 0.251. The third-order valence-electron chi connectivity index (χ3n) is 2.79. The number of carbonyl (C=O) groups is 1. The van der Waals surface area contributed by atoms with Gasteiger partial charge in [0.05, 0.1) is 11.4 Å². The summed E-state index contributed by atoms with van der Waals surface area (Å²) in [5.41, 5.74) is 0. The molecule has 2 nitrogen and oxygen atoms in total. The lowest BCUT2D eigenvalue weighted by Crippen LogP contribution is -2.27. The standard InChI is InChI=1S/C14H23NOS/c1-5-12-6-7-14(17-12)13(16)10-15(4)9-8-11(2)3/h6-7,11H,5,8-10H2,1-4H3. The molecule has 0 saturated carbocycles. The Hall–Kier alpha value is -0.670. The second kappa shape index (κ2) is 6.92. The van der Waals surface area contributed by atoms with Gasteiger partial charge < -0.3 is 0 Å². The molecule has 1 heterocycles. The van der Waals surface area contributed by atoms with Crippen molar-refractivity contribution in [2.75, 3.05) is 20.1 Å². The average molecular weight is 253 g/mol. The highest BCUT2D eigenvalue weighted by molar-refractivity contribution is 7.14. The van der Waals surface area contributed by atoms with Gasteiger partial charge in [0.2, 0.25) is 0 Å². The van der Waals surface area contributed by atoms with Crippen LogP contribution in [0.3, 0.4) is 0 Å². The zero-order valence-corrected chi connectivity index (χ0v) is 12.1. The van der Waals surface area contributed by atoms with Crippen molar-refractivity contribution in [2.45, 2.75) is 33.6 Å². The van der Waals surface area contributed by atoms with Crippen LogP contribution < -0.4 is 0 Å². The third-order valence-corrected chi connectivity index (χ3v) is 4.06. The summed E-state index contributed by atoms with van der Waals surface area (Å²) in [6, 6.07) is 4.02. The largest absolute Gasteiger partial charge is 0.299 e. The molecule has 0 radical (unpaired) electrons. The molecule has 0 bridgehead atoms. The summed E-state index contributed by atoms with van der Waals surface area (Å²) < 4.78 is 0. The molecular formula is C14H23NOS.